The lowest BCUT2D eigenvalue weighted by Gasteiger charge is -2.12. The van der Waals surface area contributed by atoms with Crippen LogP contribution < -0.4 is 0 Å². The quantitative estimate of drug-likeness (QED) is 0.649. The van der Waals surface area contributed by atoms with Crippen LogP contribution in [-0.2, 0) is 0 Å². The molecule has 0 fully saturated rings. The number of aliphatic hydroxyl groups is 1. The lowest BCUT2D eigenvalue weighted by molar-refractivity contribution is 0.205. The van der Waals surface area contributed by atoms with E-state index in [2.05, 4.69) is 0 Å². The third kappa shape index (κ3) is 2.05. The van der Waals surface area contributed by atoms with Crippen LogP contribution in [0.25, 0.3) is 0 Å². The number of thiophene rings is 1. The third-order valence-electron chi connectivity index (χ3n) is 2.28. The minimum atomic E-state index is -1.73. The van der Waals surface area contributed by atoms with Crippen LogP contribution in [0.15, 0.2) is 22.9 Å². The average molecular weight is 262 g/mol. The van der Waals surface area contributed by atoms with Crippen LogP contribution in [0.5, 0.6) is 0 Å². The highest BCUT2D eigenvalue weighted by Gasteiger charge is 2.25. The van der Waals surface area contributed by atoms with Gasteiger partial charge >= 0.3 is 0 Å². The fourth-order valence-electron chi connectivity index (χ4n) is 1.43. The van der Waals surface area contributed by atoms with Crippen LogP contribution in [0.2, 0.25) is 0 Å². The molecule has 2 aromatic rings. The Morgan fingerprint density at radius 2 is 1.65 bits per heavy atom. The molecule has 6 heteroatoms. The summed E-state index contributed by atoms with van der Waals surface area (Å²) in [5.74, 6) is -6.23. The molecule has 17 heavy (non-hydrogen) atoms. The minimum absolute atomic E-state index is 0.106. The fraction of sp³-hybridized carbons (Fsp3) is 0.0909. The zero-order valence-electron chi connectivity index (χ0n) is 8.25. The largest absolute Gasteiger partial charge is 0.383 e. The highest BCUT2D eigenvalue weighted by atomic mass is 32.1. The first-order valence-electron chi connectivity index (χ1n) is 4.55. The van der Waals surface area contributed by atoms with Crippen molar-refractivity contribution in [2.75, 3.05) is 0 Å². The van der Waals surface area contributed by atoms with E-state index in [1.165, 1.54) is 22.8 Å². The number of halogens is 4. The van der Waals surface area contributed by atoms with Crippen molar-refractivity contribution in [2.45, 2.75) is 6.10 Å². The molecule has 1 atom stereocenters. The standard InChI is InChI=1S/C11H6F4OS/c12-6-3-7(13)10(15)8(9(6)14)11(16)5-1-2-17-4-5/h1-4,11,16H. The molecular weight excluding hydrogens is 256 g/mol. The summed E-state index contributed by atoms with van der Waals surface area (Å²) in [5.41, 5.74) is -0.835. The molecule has 2 rings (SSSR count). The van der Waals surface area contributed by atoms with Gasteiger partial charge in [-0.1, -0.05) is 0 Å². The minimum Gasteiger partial charge on any atom is -0.383 e. The monoisotopic (exact) mass is 262 g/mol. The first-order valence-corrected chi connectivity index (χ1v) is 5.49. The van der Waals surface area contributed by atoms with E-state index in [0.717, 1.165) is 0 Å². The second-order valence-corrected chi connectivity index (χ2v) is 4.12. The third-order valence-corrected chi connectivity index (χ3v) is 2.98. The number of benzene rings is 1. The van der Waals surface area contributed by atoms with Crippen LogP contribution >= 0.6 is 11.3 Å². The number of rotatable bonds is 2. The molecule has 1 N–H and O–H groups in total. The van der Waals surface area contributed by atoms with E-state index in [1.807, 2.05) is 0 Å². The average Bonchev–Trinajstić information content (AvgIpc) is 2.80. The Hall–Kier alpha value is -1.40. The predicted octanol–water partition coefficient (Wildman–Crippen LogP) is 3.39. The molecule has 1 unspecified atom stereocenters. The molecule has 0 aliphatic carbocycles. The Kier molecular flexibility index (Phi) is 3.17. The summed E-state index contributed by atoms with van der Waals surface area (Å²) in [5, 5.41) is 12.7. The summed E-state index contributed by atoms with van der Waals surface area (Å²) < 4.78 is 52.6. The van der Waals surface area contributed by atoms with E-state index in [-0.39, 0.29) is 11.6 Å². The van der Waals surface area contributed by atoms with Crippen molar-refractivity contribution >= 4 is 11.3 Å². The maximum absolute atomic E-state index is 13.3. The lowest BCUT2D eigenvalue weighted by atomic mass is 10.0. The van der Waals surface area contributed by atoms with Gasteiger partial charge < -0.3 is 5.11 Å². The Balaban J connectivity index is 2.59. The molecule has 1 aromatic carbocycles. The molecule has 0 amide bonds. The van der Waals surface area contributed by atoms with Gasteiger partial charge in [0.25, 0.3) is 0 Å². The first kappa shape index (κ1) is 12.1. The van der Waals surface area contributed by atoms with Crippen molar-refractivity contribution in [2.24, 2.45) is 0 Å². The summed E-state index contributed by atoms with van der Waals surface area (Å²) >= 11 is 1.19. The van der Waals surface area contributed by atoms with Gasteiger partial charge in [-0.3, -0.25) is 0 Å². The highest BCUT2D eigenvalue weighted by molar-refractivity contribution is 7.07. The maximum atomic E-state index is 13.3. The van der Waals surface area contributed by atoms with Gasteiger partial charge in [-0.25, -0.2) is 17.6 Å². The van der Waals surface area contributed by atoms with Gasteiger partial charge in [-0.15, -0.1) is 0 Å². The molecule has 1 aromatic heterocycles. The van der Waals surface area contributed by atoms with Gasteiger partial charge in [-0.2, -0.15) is 11.3 Å². The molecule has 0 saturated carbocycles. The summed E-state index contributed by atoms with van der Waals surface area (Å²) in [6, 6.07) is 1.52. The van der Waals surface area contributed by atoms with E-state index < -0.39 is 34.9 Å². The molecule has 90 valence electrons. The molecule has 0 bridgehead atoms. The zero-order chi connectivity index (χ0) is 12.6. The predicted molar refractivity (Wildman–Crippen MR) is 54.7 cm³/mol. The van der Waals surface area contributed by atoms with Crippen LogP contribution in [0.4, 0.5) is 17.6 Å². The van der Waals surface area contributed by atoms with Crippen molar-refractivity contribution in [3.05, 3.63) is 57.3 Å². The van der Waals surface area contributed by atoms with E-state index in [1.54, 1.807) is 5.38 Å². The normalized spacial score (nSPS) is 12.8. The molecule has 1 nitrogen and oxygen atoms in total. The van der Waals surface area contributed by atoms with Crippen molar-refractivity contribution in [3.8, 4) is 0 Å². The summed E-state index contributed by atoms with van der Waals surface area (Å²) in [6.07, 6.45) is -1.73. The summed E-state index contributed by atoms with van der Waals surface area (Å²) in [7, 11) is 0. The Bertz CT molecular complexity index is 513. The lowest BCUT2D eigenvalue weighted by Crippen LogP contribution is -2.09. The molecule has 0 radical (unpaired) electrons. The number of hydrogen-bond acceptors (Lipinski definition) is 2. The van der Waals surface area contributed by atoms with E-state index in [4.69, 9.17) is 0 Å². The zero-order valence-corrected chi connectivity index (χ0v) is 9.07. The molecule has 0 saturated heterocycles. The Labute approximate surface area is 98.0 Å². The van der Waals surface area contributed by atoms with Gasteiger partial charge in [0.15, 0.2) is 23.3 Å². The number of aliphatic hydroxyl groups excluding tert-OH is 1. The van der Waals surface area contributed by atoms with E-state index >= 15 is 0 Å². The van der Waals surface area contributed by atoms with Gasteiger partial charge in [0.1, 0.15) is 6.10 Å². The Morgan fingerprint density at radius 1 is 1.06 bits per heavy atom. The molecule has 1 heterocycles. The van der Waals surface area contributed by atoms with E-state index in [0.29, 0.717) is 0 Å². The fourth-order valence-corrected chi connectivity index (χ4v) is 2.11. The molecule has 0 aliphatic rings. The van der Waals surface area contributed by atoms with E-state index in [9.17, 15) is 22.7 Å². The SMILES string of the molecule is OC(c1ccsc1)c1c(F)c(F)cc(F)c1F. The highest BCUT2D eigenvalue weighted by Crippen LogP contribution is 2.30. The second kappa shape index (κ2) is 4.46. The number of hydrogen-bond donors (Lipinski definition) is 1. The van der Waals surface area contributed by atoms with Crippen LogP contribution in [0.1, 0.15) is 17.2 Å². The Morgan fingerprint density at radius 3 is 2.12 bits per heavy atom. The summed E-state index contributed by atoms with van der Waals surface area (Å²) in [6.45, 7) is 0. The van der Waals surface area contributed by atoms with Crippen molar-refractivity contribution in [1.29, 1.82) is 0 Å². The maximum Gasteiger partial charge on any atom is 0.168 e. The van der Waals surface area contributed by atoms with Crippen LogP contribution in [0, 0.1) is 23.3 Å². The van der Waals surface area contributed by atoms with Crippen molar-refractivity contribution < 1.29 is 22.7 Å². The van der Waals surface area contributed by atoms with Crippen LogP contribution in [-0.4, -0.2) is 5.11 Å². The van der Waals surface area contributed by atoms with Gasteiger partial charge in [0.2, 0.25) is 0 Å². The first-order chi connectivity index (χ1) is 8.02. The molecule has 0 aliphatic heterocycles. The van der Waals surface area contributed by atoms with Gasteiger partial charge in [0, 0.05) is 6.07 Å². The van der Waals surface area contributed by atoms with Gasteiger partial charge in [-0.05, 0) is 22.4 Å². The summed E-state index contributed by atoms with van der Waals surface area (Å²) in [4.78, 5) is 0. The smallest absolute Gasteiger partial charge is 0.168 e. The van der Waals surface area contributed by atoms with Crippen LogP contribution in [0.3, 0.4) is 0 Å². The second-order valence-electron chi connectivity index (χ2n) is 3.34. The van der Waals surface area contributed by atoms with Gasteiger partial charge in [0.05, 0.1) is 5.56 Å². The van der Waals surface area contributed by atoms with Crippen molar-refractivity contribution in [3.63, 3.8) is 0 Å². The molecule has 0 spiro atoms. The molecular formula is C11H6F4OS. The topological polar surface area (TPSA) is 20.2 Å². The van der Waals surface area contributed by atoms with Crippen molar-refractivity contribution in [1.82, 2.24) is 0 Å².